The van der Waals surface area contributed by atoms with E-state index in [9.17, 15) is 18.0 Å². The molecule has 0 fully saturated rings. The Balaban J connectivity index is 1.48. The van der Waals surface area contributed by atoms with Crippen LogP contribution in [0.15, 0.2) is 71.9 Å². The summed E-state index contributed by atoms with van der Waals surface area (Å²) in [6, 6.07) is 16.9. The Labute approximate surface area is 208 Å². The third-order valence-corrected chi connectivity index (χ3v) is 6.01. The largest absolute Gasteiger partial charge is 0.435 e. The van der Waals surface area contributed by atoms with Gasteiger partial charge in [-0.3, -0.25) is 4.79 Å². The number of benzene rings is 3. The summed E-state index contributed by atoms with van der Waals surface area (Å²) in [6.45, 7) is 0.224. The fourth-order valence-electron chi connectivity index (χ4n) is 3.57. The maximum atomic E-state index is 14.1. The molecule has 0 saturated heterocycles. The highest BCUT2D eigenvalue weighted by atomic mass is 35.5. The van der Waals surface area contributed by atoms with E-state index in [0.29, 0.717) is 16.1 Å². The van der Waals surface area contributed by atoms with Crippen molar-refractivity contribution >= 4 is 46.4 Å². The highest BCUT2D eigenvalue weighted by Gasteiger charge is 2.62. The van der Waals surface area contributed by atoms with Crippen molar-refractivity contribution in [2.75, 3.05) is 0 Å². The van der Waals surface area contributed by atoms with Gasteiger partial charge in [0.2, 0.25) is 0 Å². The molecule has 1 unspecified atom stereocenters. The van der Waals surface area contributed by atoms with Crippen molar-refractivity contribution in [1.29, 1.82) is 0 Å². The van der Waals surface area contributed by atoms with Crippen LogP contribution in [0.25, 0.3) is 0 Å². The lowest BCUT2D eigenvalue weighted by atomic mass is 9.86. The van der Waals surface area contributed by atoms with Gasteiger partial charge in [-0.1, -0.05) is 70.3 Å². The molecule has 0 aliphatic carbocycles. The first kappa shape index (κ1) is 24.4. The molecule has 1 aliphatic heterocycles. The number of nitrogens with zero attached hydrogens (tertiary/aromatic N) is 1. The van der Waals surface area contributed by atoms with Gasteiger partial charge in [0.1, 0.15) is 0 Å². The van der Waals surface area contributed by atoms with Gasteiger partial charge >= 0.3 is 6.18 Å². The van der Waals surface area contributed by atoms with E-state index in [1.807, 2.05) is 0 Å². The van der Waals surface area contributed by atoms with E-state index in [4.69, 9.17) is 39.6 Å². The minimum atomic E-state index is -4.77. The van der Waals surface area contributed by atoms with Gasteiger partial charge in [0.05, 0.1) is 5.71 Å². The molecule has 1 amide bonds. The second-order valence-electron chi connectivity index (χ2n) is 7.68. The monoisotopic (exact) mass is 526 g/mol. The van der Waals surface area contributed by atoms with Crippen LogP contribution in [-0.2, 0) is 17.0 Å². The smallest absolute Gasteiger partial charge is 0.374 e. The number of oxime groups is 1. The lowest BCUT2D eigenvalue weighted by Gasteiger charge is -2.29. The third kappa shape index (κ3) is 5.02. The molecule has 176 valence electrons. The molecule has 10 heteroatoms. The molecule has 1 heterocycles. The molecule has 0 radical (unpaired) electrons. The summed E-state index contributed by atoms with van der Waals surface area (Å²) in [5, 5.41) is 7.09. The van der Waals surface area contributed by atoms with E-state index in [0.717, 1.165) is 5.56 Å². The summed E-state index contributed by atoms with van der Waals surface area (Å²) >= 11 is 17.8. The molecule has 1 N–H and O–H groups in total. The van der Waals surface area contributed by atoms with Crippen molar-refractivity contribution < 1.29 is 22.8 Å². The zero-order valence-corrected chi connectivity index (χ0v) is 19.6. The normalized spacial score (nSPS) is 17.8. The van der Waals surface area contributed by atoms with Crippen molar-refractivity contribution in [2.45, 2.75) is 24.7 Å². The maximum absolute atomic E-state index is 14.1. The van der Waals surface area contributed by atoms with Crippen LogP contribution >= 0.6 is 34.8 Å². The molecule has 0 bridgehead atoms. The second-order valence-corrected chi connectivity index (χ2v) is 8.99. The van der Waals surface area contributed by atoms with Crippen LogP contribution in [0, 0.1) is 0 Å². The first-order valence-electron chi connectivity index (χ1n) is 9.99. The number of alkyl halides is 3. The van der Waals surface area contributed by atoms with Crippen molar-refractivity contribution in [1.82, 2.24) is 5.32 Å². The molecule has 1 aliphatic rings. The van der Waals surface area contributed by atoms with Crippen LogP contribution in [0.4, 0.5) is 13.2 Å². The molecular weight excluding hydrogens is 512 g/mol. The number of halogens is 6. The summed E-state index contributed by atoms with van der Waals surface area (Å²) in [6.07, 6.45) is -5.31. The molecule has 3 aromatic carbocycles. The Kier molecular flexibility index (Phi) is 6.80. The number of amides is 1. The first-order valence-corrected chi connectivity index (χ1v) is 11.1. The third-order valence-electron chi connectivity index (χ3n) is 5.34. The molecule has 0 spiro atoms. The molecule has 1 atom stereocenters. The zero-order chi connectivity index (χ0) is 24.5. The quantitative estimate of drug-likeness (QED) is 0.383. The number of hydrogen-bond donors (Lipinski definition) is 1. The SMILES string of the molecule is O=C(NCc1ccc(C2=NOC(c3cc(Cl)cc(Cl)c3)(C(F)(F)F)C2)cc1)c1cccc(Cl)c1. The average molecular weight is 528 g/mol. The highest BCUT2D eigenvalue weighted by molar-refractivity contribution is 6.34. The van der Waals surface area contributed by atoms with Gasteiger partial charge in [-0.25, -0.2) is 0 Å². The van der Waals surface area contributed by atoms with Gasteiger partial charge in [-0.15, -0.1) is 0 Å². The minimum absolute atomic E-state index is 0.0624. The number of nitrogens with one attached hydrogen (secondary N) is 1. The predicted molar refractivity (Wildman–Crippen MR) is 125 cm³/mol. The topological polar surface area (TPSA) is 50.7 Å². The summed E-state index contributed by atoms with van der Waals surface area (Å²) < 4.78 is 42.4. The van der Waals surface area contributed by atoms with Gasteiger partial charge in [0, 0.05) is 39.2 Å². The summed E-state index contributed by atoms with van der Waals surface area (Å²) in [7, 11) is 0. The number of carbonyl (C=O) groups excluding carboxylic acids is 1. The van der Waals surface area contributed by atoms with Gasteiger partial charge in [-0.2, -0.15) is 13.2 Å². The van der Waals surface area contributed by atoms with Crippen molar-refractivity contribution in [3.8, 4) is 0 Å². The number of rotatable bonds is 5. The zero-order valence-electron chi connectivity index (χ0n) is 17.3. The molecule has 0 saturated carbocycles. The molecule has 0 aromatic heterocycles. The van der Waals surface area contributed by atoms with E-state index < -0.39 is 18.2 Å². The molecule has 3 aromatic rings. The molecule has 4 rings (SSSR count). The van der Waals surface area contributed by atoms with Crippen LogP contribution in [0.1, 0.15) is 33.5 Å². The Morgan fingerprint density at radius 3 is 2.26 bits per heavy atom. The van der Waals surface area contributed by atoms with Crippen LogP contribution in [0.5, 0.6) is 0 Å². The highest BCUT2D eigenvalue weighted by Crippen LogP contribution is 2.49. The van der Waals surface area contributed by atoms with E-state index in [1.54, 1.807) is 48.5 Å². The Morgan fingerprint density at radius 2 is 1.65 bits per heavy atom. The van der Waals surface area contributed by atoms with Crippen LogP contribution in [-0.4, -0.2) is 17.8 Å². The predicted octanol–water partition coefficient (Wildman–Crippen LogP) is 7.16. The fourth-order valence-corrected chi connectivity index (χ4v) is 4.29. The summed E-state index contributed by atoms with van der Waals surface area (Å²) in [5.41, 5.74) is -1.15. The van der Waals surface area contributed by atoms with Crippen LogP contribution < -0.4 is 5.32 Å². The van der Waals surface area contributed by atoms with E-state index >= 15 is 0 Å². The second kappa shape index (κ2) is 9.49. The van der Waals surface area contributed by atoms with Crippen molar-refractivity contribution in [3.63, 3.8) is 0 Å². The van der Waals surface area contributed by atoms with Gasteiger partial charge < -0.3 is 10.2 Å². The van der Waals surface area contributed by atoms with Gasteiger partial charge in [-0.05, 0) is 47.5 Å². The molecule has 4 nitrogen and oxygen atoms in total. The van der Waals surface area contributed by atoms with E-state index in [2.05, 4.69) is 10.5 Å². The number of carbonyl (C=O) groups is 1. The van der Waals surface area contributed by atoms with Gasteiger partial charge in [0.25, 0.3) is 11.5 Å². The van der Waals surface area contributed by atoms with E-state index in [1.165, 1.54) is 18.2 Å². The maximum Gasteiger partial charge on any atom is 0.435 e. The standard InChI is InChI=1S/C24H16Cl3F3N2O2/c25-18-3-1-2-16(8-18)22(33)31-13-14-4-6-15(7-5-14)21-12-23(34-32-21,24(28,29)30)17-9-19(26)11-20(27)10-17/h1-11H,12-13H2,(H,31,33). The van der Waals surface area contributed by atoms with Crippen molar-refractivity contribution in [2.24, 2.45) is 5.16 Å². The Hall–Kier alpha value is -2.74. The van der Waals surface area contributed by atoms with Gasteiger partial charge in [0.15, 0.2) is 0 Å². The van der Waals surface area contributed by atoms with E-state index in [-0.39, 0.29) is 33.8 Å². The van der Waals surface area contributed by atoms with Crippen LogP contribution in [0.2, 0.25) is 15.1 Å². The lowest BCUT2D eigenvalue weighted by molar-refractivity contribution is -0.275. The van der Waals surface area contributed by atoms with Crippen LogP contribution in [0.3, 0.4) is 0 Å². The Morgan fingerprint density at radius 1 is 0.971 bits per heavy atom. The summed E-state index contributed by atoms with van der Waals surface area (Å²) in [4.78, 5) is 17.3. The minimum Gasteiger partial charge on any atom is -0.374 e. The number of hydrogen-bond acceptors (Lipinski definition) is 3. The summed E-state index contributed by atoms with van der Waals surface area (Å²) in [5.74, 6) is -0.296. The first-order chi connectivity index (χ1) is 16.1. The van der Waals surface area contributed by atoms with Crippen molar-refractivity contribution in [3.05, 3.63) is 104 Å². The Bertz CT molecular complexity index is 1240. The fraction of sp³-hybridized carbons (Fsp3) is 0.167. The molecule has 34 heavy (non-hydrogen) atoms. The molecular formula is C24H16Cl3F3N2O2. The average Bonchev–Trinajstić information content (AvgIpc) is 3.24. The lowest BCUT2D eigenvalue weighted by Crippen LogP contribution is -2.42.